The molecule has 1 unspecified atom stereocenters. The minimum atomic E-state index is -4.97. The van der Waals surface area contributed by atoms with Gasteiger partial charge in [-0.25, -0.2) is 28.5 Å². The molecule has 0 spiro atoms. The van der Waals surface area contributed by atoms with Crippen molar-refractivity contribution in [1.82, 2.24) is 24.8 Å². The topological polar surface area (TPSA) is 111 Å². The van der Waals surface area contributed by atoms with Gasteiger partial charge in [-0.15, -0.1) is 0 Å². The number of anilines is 2. The van der Waals surface area contributed by atoms with Crippen LogP contribution in [0.3, 0.4) is 0 Å². The number of nitrogens with zero attached hydrogens (tertiary/aromatic N) is 4. The number of carbonyl (C=O) groups excluding carboxylic acids is 1. The summed E-state index contributed by atoms with van der Waals surface area (Å²) in [6, 6.07) is -2.49. The molecule has 2 heterocycles. The number of benzene rings is 1. The van der Waals surface area contributed by atoms with Gasteiger partial charge in [0.05, 0.1) is 23.6 Å². The van der Waals surface area contributed by atoms with E-state index in [1.54, 1.807) is 5.32 Å². The molecule has 3 aromatic rings. The summed E-state index contributed by atoms with van der Waals surface area (Å²) in [5.74, 6) is -2.91. The zero-order chi connectivity index (χ0) is 20.6. The van der Waals surface area contributed by atoms with E-state index in [9.17, 15) is 26.7 Å². The first-order valence-corrected chi connectivity index (χ1v) is 7.59. The van der Waals surface area contributed by atoms with Crippen LogP contribution in [0.1, 0.15) is 11.9 Å². The smallest absolute Gasteiger partial charge is 0.368 e. The molecule has 1 aromatic carbocycles. The zero-order valence-corrected chi connectivity index (χ0v) is 14.1. The van der Waals surface area contributed by atoms with E-state index >= 15 is 0 Å². The van der Waals surface area contributed by atoms with Crippen molar-refractivity contribution in [3.8, 4) is 0 Å². The van der Waals surface area contributed by atoms with Gasteiger partial charge in [-0.05, 0) is 6.07 Å². The van der Waals surface area contributed by atoms with Gasteiger partial charge in [-0.1, -0.05) is 0 Å². The molecule has 0 aliphatic rings. The monoisotopic (exact) mass is 401 g/mol. The van der Waals surface area contributed by atoms with E-state index in [2.05, 4.69) is 20.3 Å². The van der Waals surface area contributed by atoms with Crippen LogP contribution in [0.25, 0.3) is 11.0 Å². The SMILES string of the molecule is Cn1c(C(NC(=O)Nc2cnc(N)nc2)C(F)(F)F)nc2c(F)cc(F)cc21. The van der Waals surface area contributed by atoms with Crippen LogP contribution in [-0.4, -0.2) is 31.7 Å². The maximum Gasteiger partial charge on any atom is 0.416 e. The van der Waals surface area contributed by atoms with Crippen molar-refractivity contribution in [2.75, 3.05) is 11.1 Å². The number of aromatic nitrogens is 4. The largest absolute Gasteiger partial charge is 0.416 e. The van der Waals surface area contributed by atoms with E-state index in [-0.39, 0.29) is 17.2 Å². The third-order valence-corrected chi connectivity index (χ3v) is 3.73. The number of fused-ring (bicyclic) bond motifs is 1. The van der Waals surface area contributed by atoms with Crippen LogP contribution in [0.5, 0.6) is 0 Å². The van der Waals surface area contributed by atoms with Gasteiger partial charge in [0.15, 0.2) is 11.9 Å². The molecular formula is C15H12F5N7O. The number of carbonyl (C=O) groups is 1. The number of urea groups is 1. The molecule has 13 heteroatoms. The molecule has 2 amide bonds. The van der Waals surface area contributed by atoms with Gasteiger partial charge in [0.1, 0.15) is 17.2 Å². The number of imidazole rings is 1. The fourth-order valence-corrected chi connectivity index (χ4v) is 2.48. The second kappa shape index (κ2) is 6.90. The van der Waals surface area contributed by atoms with Crippen molar-refractivity contribution < 1.29 is 26.7 Å². The third kappa shape index (κ3) is 3.77. The van der Waals surface area contributed by atoms with E-state index in [1.807, 2.05) is 0 Å². The summed E-state index contributed by atoms with van der Waals surface area (Å²) in [7, 11) is 1.15. The number of halogens is 5. The fraction of sp³-hybridized carbons (Fsp3) is 0.200. The lowest BCUT2D eigenvalue weighted by Gasteiger charge is -2.21. The molecule has 0 fully saturated rings. The normalized spacial score (nSPS) is 12.8. The van der Waals surface area contributed by atoms with Crippen LogP contribution < -0.4 is 16.4 Å². The highest BCUT2D eigenvalue weighted by Gasteiger charge is 2.45. The lowest BCUT2D eigenvalue weighted by Crippen LogP contribution is -2.41. The summed E-state index contributed by atoms with van der Waals surface area (Å²) in [6.07, 6.45) is -2.78. The number of rotatable bonds is 3. The molecule has 3 rings (SSSR count). The molecule has 28 heavy (non-hydrogen) atoms. The molecule has 0 aliphatic heterocycles. The summed E-state index contributed by atoms with van der Waals surface area (Å²) in [5, 5.41) is 3.82. The van der Waals surface area contributed by atoms with Crippen LogP contribution in [0, 0.1) is 11.6 Å². The van der Waals surface area contributed by atoms with Gasteiger partial charge in [0, 0.05) is 13.1 Å². The molecule has 0 aliphatic carbocycles. The molecule has 4 N–H and O–H groups in total. The molecular weight excluding hydrogens is 389 g/mol. The average molecular weight is 401 g/mol. The Morgan fingerprint density at radius 2 is 1.86 bits per heavy atom. The van der Waals surface area contributed by atoms with Gasteiger partial charge in [0.25, 0.3) is 0 Å². The van der Waals surface area contributed by atoms with E-state index < -0.39 is 41.2 Å². The molecule has 8 nitrogen and oxygen atoms in total. The highest BCUT2D eigenvalue weighted by atomic mass is 19.4. The van der Waals surface area contributed by atoms with Crippen LogP contribution in [0.4, 0.5) is 38.4 Å². The highest BCUT2D eigenvalue weighted by Crippen LogP contribution is 2.34. The van der Waals surface area contributed by atoms with Crippen molar-refractivity contribution in [3.05, 3.63) is 42.0 Å². The second-order valence-corrected chi connectivity index (χ2v) is 5.69. The number of amides is 2. The first-order valence-electron chi connectivity index (χ1n) is 7.59. The molecule has 148 valence electrons. The predicted molar refractivity (Wildman–Crippen MR) is 88.0 cm³/mol. The Hall–Kier alpha value is -3.51. The van der Waals surface area contributed by atoms with Crippen molar-refractivity contribution in [1.29, 1.82) is 0 Å². The Morgan fingerprint density at radius 3 is 2.46 bits per heavy atom. The van der Waals surface area contributed by atoms with Crippen LogP contribution in [0.2, 0.25) is 0 Å². The van der Waals surface area contributed by atoms with Gasteiger partial charge in [-0.3, -0.25) is 0 Å². The number of aryl methyl sites for hydroxylation is 1. The van der Waals surface area contributed by atoms with E-state index in [0.717, 1.165) is 30.1 Å². The van der Waals surface area contributed by atoms with E-state index in [4.69, 9.17) is 5.73 Å². The van der Waals surface area contributed by atoms with Crippen molar-refractivity contribution in [3.63, 3.8) is 0 Å². The molecule has 0 saturated heterocycles. The van der Waals surface area contributed by atoms with Crippen LogP contribution >= 0.6 is 0 Å². The van der Waals surface area contributed by atoms with Crippen LogP contribution in [-0.2, 0) is 7.05 Å². The van der Waals surface area contributed by atoms with Gasteiger partial charge < -0.3 is 20.9 Å². The molecule has 0 saturated carbocycles. The summed E-state index contributed by atoms with van der Waals surface area (Å²) in [6.45, 7) is 0. The Labute approximate surface area is 153 Å². The van der Waals surface area contributed by atoms with E-state index in [1.165, 1.54) is 0 Å². The molecule has 2 aromatic heterocycles. The Bertz CT molecular complexity index is 1030. The van der Waals surface area contributed by atoms with Crippen molar-refractivity contribution >= 4 is 28.7 Å². The lowest BCUT2D eigenvalue weighted by molar-refractivity contribution is -0.156. The number of nitrogens with two attached hydrogens (primary N) is 1. The number of nitrogens with one attached hydrogen (secondary N) is 2. The first kappa shape index (κ1) is 19.3. The van der Waals surface area contributed by atoms with Gasteiger partial charge in [-0.2, -0.15) is 13.2 Å². The Balaban J connectivity index is 1.94. The van der Waals surface area contributed by atoms with Crippen LogP contribution in [0.15, 0.2) is 24.5 Å². The van der Waals surface area contributed by atoms with E-state index in [0.29, 0.717) is 6.07 Å². The molecule has 0 bridgehead atoms. The first-order chi connectivity index (χ1) is 13.1. The Kier molecular flexibility index (Phi) is 4.75. The van der Waals surface area contributed by atoms with Crippen molar-refractivity contribution in [2.45, 2.75) is 12.2 Å². The minimum Gasteiger partial charge on any atom is -0.368 e. The third-order valence-electron chi connectivity index (χ3n) is 3.73. The lowest BCUT2D eigenvalue weighted by atomic mass is 10.2. The number of hydrogen-bond donors (Lipinski definition) is 3. The maximum atomic E-state index is 13.9. The van der Waals surface area contributed by atoms with Gasteiger partial charge in [0.2, 0.25) is 5.95 Å². The predicted octanol–water partition coefficient (Wildman–Crippen LogP) is 2.65. The molecule has 0 radical (unpaired) electrons. The summed E-state index contributed by atoms with van der Waals surface area (Å²) >= 11 is 0. The highest BCUT2D eigenvalue weighted by molar-refractivity contribution is 5.89. The minimum absolute atomic E-state index is 0.00857. The molecule has 1 atom stereocenters. The second-order valence-electron chi connectivity index (χ2n) is 5.69. The average Bonchev–Trinajstić information content (AvgIpc) is 2.91. The van der Waals surface area contributed by atoms with Gasteiger partial charge >= 0.3 is 12.2 Å². The summed E-state index contributed by atoms with van der Waals surface area (Å²) in [5.41, 5.74) is 4.62. The standard InChI is InChI=1S/C15H12F5N7O/c1-27-9-3-6(16)2-8(17)10(9)25-12(27)11(15(18,19)20)26-14(28)24-7-4-22-13(21)23-5-7/h2-5,11H,1H3,(H2,21,22,23)(H2,24,26,28). The Morgan fingerprint density at radius 1 is 1.21 bits per heavy atom. The number of hydrogen-bond acceptors (Lipinski definition) is 5. The zero-order valence-electron chi connectivity index (χ0n) is 14.1. The summed E-state index contributed by atoms with van der Waals surface area (Å²) in [4.78, 5) is 22.8. The fourth-order valence-electron chi connectivity index (χ4n) is 2.48. The number of alkyl halides is 3. The summed E-state index contributed by atoms with van der Waals surface area (Å²) < 4.78 is 68.7. The quantitative estimate of drug-likeness (QED) is 0.585. The number of nitrogen functional groups attached to an aromatic ring is 1. The maximum absolute atomic E-state index is 13.9. The van der Waals surface area contributed by atoms with Crippen molar-refractivity contribution in [2.24, 2.45) is 7.05 Å².